The fourth-order valence-corrected chi connectivity index (χ4v) is 7.40. The Balaban J connectivity index is 1.22. The monoisotopic (exact) mass is 602 g/mol. The maximum absolute atomic E-state index is 13.5. The zero-order valence-electron chi connectivity index (χ0n) is 25.8. The highest BCUT2D eigenvalue weighted by molar-refractivity contribution is 5.97. The van der Waals surface area contributed by atoms with Crippen LogP contribution in [0.2, 0.25) is 0 Å². The Bertz CT molecular complexity index is 1760. The van der Waals surface area contributed by atoms with Crippen molar-refractivity contribution in [2.75, 3.05) is 36.5 Å². The number of esters is 1. The Morgan fingerprint density at radius 1 is 0.800 bits per heavy atom. The van der Waals surface area contributed by atoms with Gasteiger partial charge in [0.15, 0.2) is 5.60 Å². The maximum atomic E-state index is 13.5. The van der Waals surface area contributed by atoms with E-state index in [1.165, 1.54) is 5.56 Å². The standard InChI is InChI=1S/C38H38N2O5/c1-24-11-15-34(25(2)19-24)39-26-12-16-35-33(20-26)38(31-10-4-3-9-30(31)37(41)45-38)32-14-13-27(21-36(32)44-35)40(22-28-7-5-17-42-28)23-29-8-6-18-43-29/h3-4,9-16,19-21,28-29,39H,5-8,17-18,22-23H2,1-2H3. The molecule has 0 radical (unpaired) electrons. The van der Waals surface area contributed by atoms with Crippen LogP contribution in [-0.4, -0.2) is 44.5 Å². The molecular weight excluding hydrogens is 564 g/mol. The third-order valence-electron chi connectivity index (χ3n) is 9.62. The van der Waals surface area contributed by atoms with E-state index in [4.69, 9.17) is 18.9 Å². The predicted molar refractivity (Wildman–Crippen MR) is 174 cm³/mol. The zero-order chi connectivity index (χ0) is 30.5. The molecule has 7 heteroatoms. The van der Waals surface area contributed by atoms with Crippen molar-refractivity contribution in [3.8, 4) is 11.5 Å². The van der Waals surface area contributed by atoms with E-state index in [0.29, 0.717) is 17.1 Å². The SMILES string of the molecule is Cc1ccc(Nc2ccc3c(c2)C2(OC(=O)c4ccccc42)c2ccc(N(CC4CCCO4)CC4CCCO4)cc2O3)c(C)c1. The second kappa shape index (κ2) is 11.2. The lowest BCUT2D eigenvalue weighted by Crippen LogP contribution is -2.38. The van der Waals surface area contributed by atoms with Crippen molar-refractivity contribution in [2.24, 2.45) is 0 Å². The van der Waals surface area contributed by atoms with Gasteiger partial charge in [-0.2, -0.15) is 0 Å². The van der Waals surface area contributed by atoms with Gasteiger partial charge >= 0.3 is 5.97 Å². The van der Waals surface area contributed by atoms with E-state index in [9.17, 15) is 4.79 Å². The molecule has 4 aromatic carbocycles. The van der Waals surface area contributed by atoms with Crippen LogP contribution >= 0.6 is 0 Å². The van der Waals surface area contributed by atoms with Crippen LogP contribution in [0.3, 0.4) is 0 Å². The molecule has 1 N–H and O–H groups in total. The first-order valence-corrected chi connectivity index (χ1v) is 16.1. The number of aryl methyl sites for hydroxylation is 2. The van der Waals surface area contributed by atoms with Crippen molar-refractivity contribution in [3.63, 3.8) is 0 Å². The minimum absolute atomic E-state index is 0.196. The Hall–Kier alpha value is -4.33. The summed E-state index contributed by atoms with van der Waals surface area (Å²) in [6.45, 7) is 7.42. The number of nitrogens with zero attached hydrogens (tertiary/aromatic N) is 1. The van der Waals surface area contributed by atoms with E-state index < -0.39 is 5.60 Å². The largest absolute Gasteiger partial charge is 0.456 e. The Kier molecular flexibility index (Phi) is 7.03. The second-order valence-corrected chi connectivity index (χ2v) is 12.7. The first-order valence-electron chi connectivity index (χ1n) is 16.1. The number of nitrogens with one attached hydrogen (secondary N) is 1. The first-order chi connectivity index (χ1) is 22.0. The topological polar surface area (TPSA) is 69.3 Å². The number of rotatable bonds is 7. The number of anilines is 3. The van der Waals surface area contributed by atoms with Gasteiger partial charge in [0.05, 0.1) is 17.8 Å². The summed E-state index contributed by atoms with van der Waals surface area (Å²) < 4.78 is 25.2. The van der Waals surface area contributed by atoms with Crippen LogP contribution in [0.25, 0.3) is 0 Å². The molecule has 3 unspecified atom stereocenters. The van der Waals surface area contributed by atoms with Gasteiger partial charge in [-0.3, -0.25) is 0 Å². The van der Waals surface area contributed by atoms with Gasteiger partial charge in [0.2, 0.25) is 0 Å². The number of hydrogen-bond acceptors (Lipinski definition) is 7. The van der Waals surface area contributed by atoms with Crippen LogP contribution in [0.5, 0.6) is 11.5 Å². The summed E-state index contributed by atoms with van der Waals surface area (Å²) in [7, 11) is 0. The molecule has 0 aliphatic carbocycles. The van der Waals surface area contributed by atoms with Crippen LogP contribution in [0.1, 0.15) is 63.9 Å². The lowest BCUT2D eigenvalue weighted by atomic mass is 9.77. The molecule has 7 nitrogen and oxygen atoms in total. The Labute approximate surface area is 264 Å². The van der Waals surface area contributed by atoms with Crippen LogP contribution in [-0.2, 0) is 19.8 Å². The summed E-state index contributed by atoms with van der Waals surface area (Å²) in [5.74, 6) is 1.02. The molecule has 4 heterocycles. The summed E-state index contributed by atoms with van der Waals surface area (Å²) in [4.78, 5) is 15.8. The Morgan fingerprint density at radius 3 is 2.31 bits per heavy atom. The maximum Gasteiger partial charge on any atom is 0.340 e. The predicted octanol–water partition coefficient (Wildman–Crippen LogP) is 7.78. The number of ether oxygens (including phenoxy) is 4. The summed E-state index contributed by atoms with van der Waals surface area (Å²) in [5, 5.41) is 3.58. The third-order valence-corrected chi connectivity index (χ3v) is 9.62. The van der Waals surface area contributed by atoms with Gasteiger partial charge < -0.3 is 29.2 Å². The number of benzene rings is 4. The van der Waals surface area contributed by atoms with Gasteiger partial charge in [-0.15, -0.1) is 0 Å². The normalized spacial score (nSPS) is 22.8. The molecule has 230 valence electrons. The molecule has 2 fully saturated rings. The molecule has 4 aliphatic rings. The van der Waals surface area contributed by atoms with Crippen molar-refractivity contribution in [3.05, 3.63) is 112 Å². The number of hydrogen-bond donors (Lipinski definition) is 1. The van der Waals surface area contributed by atoms with E-state index in [2.05, 4.69) is 66.5 Å². The quantitative estimate of drug-likeness (QED) is 0.217. The lowest BCUT2D eigenvalue weighted by molar-refractivity contribution is 0.0224. The van der Waals surface area contributed by atoms with Gasteiger partial charge in [0.1, 0.15) is 11.5 Å². The van der Waals surface area contributed by atoms with E-state index in [1.54, 1.807) is 0 Å². The van der Waals surface area contributed by atoms with Crippen molar-refractivity contribution >= 4 is 23.0 Å². The molecule has 0 saturated carbocycles. The number of carbonyl (C=O) groups excluding carboxylic acids is 1. The fourth-order valence-electron chi connectivity index (χ4n) is 7.40. The molecule has 45 heavy (non-hydrogen) atoms. The van der Waals surface area contributed by atoms with Crippen LogP contribution in [0.4, 0.5) is 17.1 Å². The van der Waals surface area contributed by atoms with Crippen molar-refractivity contribution < 1.29 is 23.7 Å². The van der Waals surface area contributed by atoms with Crippen LogP contribution in [0, 0.1) is 13.8 Å². The highest BCUT2D eigenvalue weighted by Gasteiger charge is 2.53. The second-order valence-electron chi connectivity index (χ2n) is 12.7. The molecular formula is C38H38N2O5. The molecule has 4 aromatic rings. The van der Waals surface area contributed by atoms with Gasteiger partial charge in [-0.1, -0.05) is 35.9 Å². The van der Waals surface area contributed by atoms with Crippen molar-refractivity contribution in [2.45, 2.75) is 57.3 Å². The molecule has 3 atom stereocenters. The van der Waals surface area contributed by atoms with Gasteiger partial charge in [0.25, 0.3) is 0 Å². The van der Waals surface area contributed by atoms with E-state index >= 15 is 0 Å². The van der Waals surface area contributed by atoms with Crippen LogP contribution < -0.4 is 15.0 Å². The zero-order valence-corrected chi connectivity index (χ0v) is 25.8. The molecule has 0 aromatic heterocycles. The average Bonchev–Trinajstić information content (AvgIpc) is 3.81. The summed E-state index contributed by atoms with van der Waals surface area (Å²) in [6.07, 6.45) is 4.70. The molecule has 0 amide bonds. The Morgan fingerprint density at radius 2 is 1.58 bits per heavy atom. The van der Waals surface area contributed by atoms with Gasteiger partial charge in [-0.05, 0) is 87.6 Å². The molecule has 1 spiro atoms. The lowest BCUT2D eigenvalue weighted by Gasteiger charge is -2.38. The fraction of sp³-hybridized carbons (Fsp3) is 0.342. The van der Waals surface area contributed by atoms with E-state index in [0.717, 1.165) is 91.3 Å². The smallest absolute Gasteiger partial charge is 0.340 e. The van der Waals surface area contributed by atoms with Crippen molar-refractivity contribution in [1.29, 1.82) is 0 Å². The molecule has 8 rings (SSSR count). The summed E-state index contributed by atoms with van der Waals surface area (Å²) in [6, 6.07) is 26.4. The van der Waals surface area contributed by atoms with E-state index in [1.807, 2.05) is 36.4 Å². The summed E-state index contributed by atoms with van der Waals surface area (Å²) >= 11 is 0. The number of fused-ring (bicyclic) bond motifs is 6. The van der Waals surface area contributed by atoms with Crippen LogP contribution in [0.15, 0.2) is 78.9 Å². The highest BCUT2D eigenvalue weighted by atomic mass is 16.6. The van der Waals surface area contributed by atoms with Gasteiger partial charge in [-0.25, -0.2) is 4.79 Å². The average molecular weight is 603 g/mol. The van der Waals surface area contributed by atoms with Gasteiger partial charge in [0, 0.05) is 66.1 Å². The minimum Gasteiger partial charge on any atom is -0.456 e. The van der Waals surface area contributed by atoms with Crippen molar-refractivity contribution in [1.82, 2.24) is 0 Å². The molecule has 4 aliphatic heterocycles. The molecule has 0 bridgehead atoms. The minimum atomic E-state index is -1.14. The van der Waals surface area contributed by atoms with E-state index in [-0.39, 0.29) is 18.2 Å². The summed E-state index contributed by atoms with van der Waals surface area (Å²) in [5.41, 5.74) is 7.21. The highest BCUT2D eigenvalue weighted by Crippen LogP contribution is 2.57. The number of carbonyl (C=O) groups is 1. The first kappa shape index (κ1) is 28.2. The third kappa shape index (κ3) is 4.95. The molecule has 2 saturated heterocycles.